The van der Waals surface area contributed by atoms with Crippen molar-refractivity contribution < 1.29 is 5.11 Å². The SMILES string of the molecule is O[C@@]1(c2ccccc2)CCN(CCn2cnnc2)C1. The molecule has 1 atom stereocenters. The second-order valence-corrected chi connectivity index (χ2v) is 5.12. The summed E-state index contributed by atoms with van der Waals surface area (Å²) in [4.78, 5) is 2.28. The van der Waals surface area contributed by atoms with Crippen LogP contribution in [0, 0.1) is 0 Å². The van der Waals surface area contributed by atoms with E-state index in [-0.39, 0.29) is 0 Å². The number of hydrogen-bond donors (Lipinski definition) is 1. The zero-order valence-corrected chi connectivity index (χ0v) is 10.8. The first kappa shape index (κ1) is 12.3. The molecule has 0 spiro atoms. The Kier molecular flexibility index (Phi) is 3.31. The van der Waals surface area contributed by atoms with Gasteiger partial charge in [-0.3, -0.25) is 4.90 Å². The highest BCUT2D eigenvalue weighted by Gasteiger charge is 2.37. The van der Waals surface area contributed by atoms with E-state index in [1.807, 2.05) is 34.9 Å². The Balaban J connectivity index is 1.60. The van der Waals surface area contributed by atoms with Crippen LogP contribution in [0.15, 0.2) is 43.0 Å². The van der Waals surface area contributed by atoms with Gasteiger partial charge < -0.3 is 9.67 Å². The van der Waals surface area contributed by atoms with Gasteiger partial charge in [-0.25, -0.2) is 0 Å². The lowest BCUT2D eigenvalue weighted by molar-refractivity contribution is 0.0458. The van der Waals surface area contributed by atoms with Gasteiger partial charge in [-0.1, -0.05) is 30.3 Å². The fourth-order valence-corrected chi connectivity index (χ4v) is 2.64. The van der Waals surface area contributed by atoms with Gasteiger partial charge in [-0.05, 0) is 12.0 Å². The first-order chi connectivity index (χ1) is 9.26. The topological polar surface area (TPSA) is 54.2 Å². The molecule has 0 aliphatic carbocycles. The molecule has 1 aliphatic rings. The Bertz CT molecular complexity index is 514. The van der Waals surface area contributed by atoms with Crippen molar-refractivity contribution >= 4 is 0 Å². The molecule has 1 N–H and O–H groups in total. The number of aliphatic hydroxyl groups is 1. The first-order valence-electron chi connectivity index (χ1n) is 6.59. The minimum absolute atomic E-state index is 0.694. The molecule has 5 nitrogen and oxygen atoms in total. The lowest BCUT2D eigenvalue weighted by atomic mass is 9.93. The molecule has 2 aromatic rings. The Labute approximate surface area is 112 Å². The Hall–Kier alpha value is -1.72. The average Bonchev–Trinajstić information content (AvgIpc) is 3.08. The van der Waals surface area contributed by atoms with Crippen molar-refractivity contribution in [1.29, 1.82) is 0 Å². The van der Waals surface area contributed by atoms with Crippen molar-refractivity contribution in [1.82, 2.24) is 19.7 Å². The molecule has 0 amide bonds. The van der Waals surface area contributed by atoms with E-state index in [0.717, 1.165) is 31.6 Å². The number of aromatic nitrogens is 3. The number of nitrogens with zero attached hydrogens (tertiary/aromatic N) is 4. The molecule has 0 bridgehead atoms. The van der Waals surface area contributed by atoms with Gasteiger partial charge in [0.25, 0.3) is 0 Å². The maximum absolute atomic E-state index is 10.7. The van der Waals surface area contributed by atoms with E-state index in [1.54, 1.807) is 12.7 Å². The molecule has 1 aliphatic heterocycles. The van der Waals surface area contributed by atoms with E-state index in [0.29, 0.717) is 6.54 Å². The van der Waals surface area contributed by atoms with E-state index in [2.05, 4.69) is 15.1 Å². The molecule has 5 heteroatoms. The fraction of sp³-hybridized carbons (Fsp3) is 0.429. The van der Waals surface area contributed by atoms with Gasteiger partial charge in [0, 0.05) is 26.2 Å². The van der Waals surface area contributed by atoms with E-state index in [9.17, 15) is 5.11 Å². The highest BCUT2D eigenvalue weighted by Crippen LogP contribution is 2.31. The summed E-state index contributed by atoms with van der Waals surface area (Å²) >= 11 is 0. The minimum atomic E-state index is -0.700. The molecule has 0 saturated carbocycles. The molecule has 0 unspecified atom stereocenters. The summed E-state index contributed by atoms with van der Waals surface area (Å²) in [6.07, 6.45) is 4.23. The summed E-state index contributed by atoms with van der Waals surface area (Å²) in [5.74, 6) is 0. The van der Waals surface area contributed by atoms with Crippen LogP contribution in [0.4, 0.5) is 0 Å². The number of benzene rings is 1. The predicted molar refractivity (Wildman–Crippen MR) is 71.4 cm³/mol. The Morgan fingerprint density at radius 2 is 1.84 bits per heavy atom. The van der Waals surface area contributed by atoms with Gasteiger partial charge in [-0.2, -0.15) is 0 Å². The molecule has 1 aromatic carbocycles. The van der Waals surface area contributed by atoms with Crippen molar-refractivity contribution in [2.45, 2.75) is 18.6 Å². The summed E-state index contributed by atoms with van der Waals surface area (Å²) in [7, 11) is 0. The molecule has 1 aromatic heterocycles. The van der Waals surface area contributed by atoms with Crippen LogP contribution in [-0.2, 0) is 12.1 Å². The van der Waals surface area contributed by atoms with Crippen molar-refractivity contribution in [3.05, 3.63) is 48.5 Å². The molecule has 19 heavy (non-hydrogen) atoms. The molecule has 3 rings (SSSR count). The quantitative estimate of drug-likeness (QED) is 0.884. The third-order valence-electron chi connectivity index (χ3n) is 3.78. The monoisotopic (exact) mass is 258 g/mol. The van der Waals surface area contributed by atoms with Crippen LogP contribution < -0.4 is 0 Å². The molecular formula is C14H18N4O. The van der Waals surface area contributed by atoms with Crippen molar-refractivity contribution in [3.8, 4) is 0 Å². The summed E-state index contributed by atoms with van der Waals surface area (Å²) in [6.45, 7) is 3.39. The summed E-state index contributed by atoms with van der Waals surface area (Å²) in [5, 5.41) is 18.3. The third-order valence-corrected chi connectivity index (χ3v) is 3.78. The molecule has 100 valence electrons. The summed E-state index contributed by atoms with van der Waals surface area (Å²) in [6, 6.07) is 9.94. The predicted octanol–water partition coefficient (Wildman–Crippen LogP) is 0.872. The number of likely N-dealkylation sites (tertiary alicyclic amines) is 1. The van der Waals surface area contributed by atoms with Crippen molar-refractivity contribution in [2.24, 2.45) is 0 Å². The number of hydrogen-bond acceptors (Lipinski definition) is 4. The maximum Gasteiger partial charge on any atom is 0.119 e. The number of β-amino-alcohol motifs (C(OH)–C–C–N with tert-alkyl or cyclic N) is 1. The van der Waals surface area contributed by atoms with Gasteiger partial charge >= 0.3 is 0 Å². The summed E-state index contributed by atoms with van der Waals surface area (Å²) < 4.78 is 1.96. The van der Waals surface area contributed by atoms with E-state index in [4.69, 9.17) is 0 Å². The zero-order valence-electron chi connectivity index (χ0n) is 10.8. The van der Waals surface area contributed by atoms with Crippen LogP contribution in [0.25, 0.3) is 0 Å². The molecule has 0 radical (unpaired) electrons. The highest BCUT2D eigenvalue weighted by atomic mass is 16.3. The van der Waals surface area contributed by atoms with E-state index in [1.165, 1.54) is 0 Å². The Morgan fingerprint density at radius 1 is 1.11 bits per heavy atom. The normalized spacial score (nSPS) is 23.8. The first-order valence-corrected chi connectivity index (χ1v) is 6.59. The van der Waals surface area contributed by atoms with Gasteiger partial charge in [0.1, 0.15) is 18.3 Å². The smallest absolute Gasteiger partial charge is 0.119 e. The van der Waals surface area contributed by atoms with Gasteiger partial charge in [-0.15, -0.1) is 10.2 Å². The summed E-state index contributed by atoms with van der Waals surface area (Å²) in [5.41, 5.74) is 0.316. The second-order valence-electron chi connectivity index (χ2n) is 5.12. The standard InChI is InChI=1S/C14H18N4O/c19-14(13-4-2-1-3-5-13)6-7-17(10-14)8-9-18-11-15-16-12-18/h1-5,11-12,19H,6-10H2/t14-/m0/s1. The average molecular weight is 258 g/mol. The minimum Gasteiger partial charge on any atom is -0.384 e. The van der Waals surface area contributed by atoms with Crippen molar-refractivity contribution in [3.63, 3.8) is 0 Å². The molecule has 2 heterocycles. The van der Waals surface area contributed by atoms with Crippen LogP contribution in [-0.4, -0.2) is 44.4 Å². The van der Waals surface area contributed by atoms with Crippen LogP contribution in [0.3, 0.4) is 0 Å². The van der Waals surface area contributed by atoms with Gasteiger partial charge in [0.2, 0.25) is 0 Å². The third kappa shape index (κ3) is 2.67. The van der Waals surface area contributed by atoms with Crippen molar-refractivity contribution in [2.75, 3.05) is 19.6 Å². The molecule has 1 fully saturated rings. The maximum atomic E-state index is 10.7. The Morgan fingerprint density at radius 3 is 2.58 bits per heavy atom. The van der Waals surface area contributed by atoms with Gasteiger partial charge in [0.05, 0.1) is 0 Å². The van der Waals surface area contributed by atoms with Crippen LogP contribution in [0.1, 0.15) is 12.0 Å². The lowest BCUT2D eigenvalue weighted by Gasteiger charge is -2.24. The number of rotatable bonds is 4. The van der Waals surface area contributed by atoms with E-state index >= 15 is 0 Å². The van der Waals surface area contributed by atoms with Crippen LogP contribution >= 0.6 is 0 Å². The largest absolute Gasteiger partial charge is 0.384 e. The fourth-order valence-electron chi connectivity index (χ4n) is 2.64. The van der Waals surface area contributed by atoms with Gasteiger partial charge in [0.15, 0.2) is 0 Å². The van der Waals surface area contributed by atoms with Crippen LogP contribution in [0.2, 0.25) is 0 Å². The van der Waals surface area contributed by atoms with E-state index < -0.39 is 5.60 Å². The highest BCUT2D eigenvalue weighted by molar-refractivity contribution is 5.24. The molecular weight excluding hydrogens is 240 g/mol. The lowest BCUT2D eigenvalue weighted by Crippen LogP contribution is -2.32. The zero-order chi connectivity index (χ0) is 13.1. The van der Waals surface area contributed by atoms with Crippen LogP contribution in [0.5, 0.6) is 0 Å². The second kappa shape index (κ2) is 5.11. The molecule has 1 saturated heterocycles.